The Morgan fingerprint density at radius 2 is 1.09 bits per heavy atom. The first-order valence-corrected chi connectivity index (χ1v) is 23.0. The van der Waals surface area contributed by atoms with Crippen molar-refractivity contribution in [3.63, 3.8) is 0 Å². The van der Waals surface area contributed by atoms with Crippen LogP contribution in [0.4, 0.5) is 0 Å². The molecule has 0 atom stereocenters. The minimum atomic E-state index is -3.73. The SMILES string of the molecule is C.CCN(CC)CC.COc1cc(C)c(S(=O)(=O)N(CCO)Cc2ccccc2)c(C)c1.COc1cc(C)cc(C)c1.CS(=O)(=O)Cl.OCCNCc1ccccc1. The van der Waals surface area contributed by atoms with E-state index in [2.05, 4.69) is 73.7 Å². The summed E-state index contributed by atoms with van der Waals surface area (Å²) in [6.07, 6.45) is 0.925. The van der Waals surface area contributed by atoms with Crippen molar-refractivity contribution in [2.24, 2.45) is 0 Å². The van der Waals surface area contributed by atoms with Gasteiger partial charge in [-0.3, -0.25) is 0 Å². The van der Waals surface area contributed by atoms with Crippen LogP contribution in [0.2, 0.25) is 0 Å². The van der Waals surface area contributed by atoms with Gasteiger partial charge in [-0.1, -0.05) is 94.9 Å². The molecule has 0 saturated heterocycles. The molecule has 0 bridgehead atoms. The van der Waals surface area contributed by atoms with Crippen LogP contribution in [0.5, 0.6) is 11.5 Å². The number of benzene rings is 4. The summed E-state index contributed by atoms with van der Waals surface area (Å²) in [5.41, 5.74) is 5.87. The first-order chi connectivity index (χ1) is 26.9. The van der Waals surface area contributed by atoms with Gasteiger partial charge in [-0.25, -0.2) is 16.8 Å². The molecule has 0 radical (unpaired) electrons. The summed E-state index contributed by atoms with van der Waals surface area (Å²) >= 11 is 0. The van der Waals surface area contributed by atoms with E-state index < -0.39 is 19.1 Å². The van der Waals surface area contributed by atoms with Gasteiger partial charge >= 0.3 is 0 Å². The lowest BCUT2D eigenvalue weighted by atomic mass is 10.1. The molecule has 0 aromatic heterocycles. The van der Waals surface area contributed by atoms with Crippen LogP contribution in [0.15, 0.2) is 95.9 Å². The van der Waals surface area contributed by atoms with Gasteiger partial charge in [0.15, 0.2) is 0 Å². The van der Waals surface area contributed by atoms with Crippen LogP contribution in [0.3, 0.4) is 0 Å². The number of hydrogen-bond donors (Lipinski definition) is 3. The van der Waals surface area contributed by atoms with E-state index in [9.17, 15) is 21.9 Å². The third-order valence-corrected chi connectivity index (χ3v) is 10.2. The van der Waals surface area contributed by atoms with Gasteiger partial charge in [0.1, 0.15) is 11.5 Å². The maximum Gasteiger partial charge on any atom is 0.243 e. The smallest absolute Gasteiger partial charge is 0.243 e. The average molecular weight is 869 g/mol. The highest BCUT2D eigenvalue weighted by Crippen LogP contribution is 2.29. The fourth-order valence-corrected chi connectivity index (χ4v) is 7.21. The summed E-state index contributed by atoms with van der Waals surface area (Å²) in [6.45, 7) is 19.5. The van der Waals surface area contributed by atoms with Crippen LogP contribution < -0.4 is 14.8 Å². The van der Waals surface area contributed by atoms with Gasteiger partial charge in [-0.2, -0.15) is 4.31 Å². The van der Waals surface area contributed by atoms with E-state index in [-0.39, 0.29) is 38.6 Å². The molecule has 4 aromatic carbocycles. The van der Waals surface area contributed by atoms with E-state index in [4.69, 9.17) is 14.6 Å². The number of nitrogens with zero attached hydrogens (tertiary/aromatic N) is 2. The summed E-state index contributed by atoms with van der Waals surface area (Å²) in [4.78, 5) is 2.65. The molecule has 14 heteroatoms. The minimum Gasteiger partial charge on any atom is -0.497 e. The second-order valence-electron chi connectivity index (χ2n) is 12.9. The predicted octanol–water partition coefficient (Wildman–Crippen LogP) is 7.74. The van der Waals surface area contributed by atoms with E-state index in [1.54, 1.807) is 40.2 Å². The Balaban J connectivity index is 0. The number of rotatable bonds is 15. The molecule has 0 fully saturated rings. The molecule has 3 N–H and O–H groups in total. The molecule has 0 aliphatic rings. The highest BCUT2D eigenvalue weighted by atomic mass is 35.7. The zero-order valence-corrected chi connectivity index (χ0v) is 37.8. The number of halogens is 1. The van der Waals surface area contributed by atoms with Crippen molar-refractivity contribution < 1.29 is 36.5 Å². The van der Waals surface area contributed by atoms with E-state index in [1.165, 1.54) is 40.6 Å². The maximum atomic E-state index is 13.1. The van der Waals surface area contributed by atoms with Crippen LogP contribution >= 0.6 is 10.7 Å². The fraction of sp³-hybridized carbons (Fsp3) is 0.455. The Kier molecular flexibility index (Phi) is 30.6. The number of aliphatic hydroxyl groups is 2. The van der Waals surface area contributed by atoms with Crippen molar-refractivity contribution in [1.29, 1.82) is 0 Å². The van der Waals surface area contributed by atoms with Crippen molar-refractivity contribution in [2.75, 3.05) is 66.4 Å². The molecule has 4 rings (SSSR count). The van der Waals surface area contributed by atoms with Crippen molar-refractivity contribution in [3.05, 3.63) is 124 Å². The molecule has 58 heavy (non-hydrogen) atoms. The van der Waals surface area contributed by atoms with Crippen LogP contribution in [-0.4, -0.2) is 103 Å². The van der Waals surface area contributed by atoms with Crippen molar-refractivity contribution in [3.8, 4) is 11.5 Å². The molecule has 0 spiro atoms. The lowest BCUT2D eigenvalue weighted by Crippen LogP contribution is -2.34. The lowest BCUT2D eigenvalue weighted by Gasteiger charge is -2.24. The molecule has 11 nitrogen and oxygen atoms in total. The van der Waals surface area contributed by atoms with Gasteiger partial charge < -0.3 is 29.9 Å². The molecular weight excluding hydrogens is 798 g/mol. The van der Waals surface area contributed by atoms with Gasteiger partial charge in [-0.05, 0) is 105 Å². The first kappa shape index (κ1) is 56.6. The zero-order valence-electron chi connectivity index (χ0n) is 35.5. The van der Waals surface area contributed by atoms with Gasteiger partial charge in [0.25, 0.3) is 0 Å². The summed E-state index contributed by atoms with van der Waals surface area (Å²) < 4.78 is 56.7. The van der Waals surface area contributed by atoms with E-state index in [0.29, 0.717) is 23.4 Å². The summed E-state index contributed by atoms with van der Waals surface area (Å²) in [7, 11) is 0.818. The third-order valence-electron chi connectivity index (χ3n) is 8.05. The highest BCUT2D eigenvalue weighted by Gasteiger charge is 2.28. The predicted molar refractivity (Wildman–Crippen MR) is 242 cm³/mol. The standard InChI is InChI=1S/C18H23NO4S.C9H13NO.C9H12O.C6H15N.CH3ClO2S.CH4/c1-14-11-17(23-3)12-15(2)18(14)24(21,22)19(9-10-20)13-16-7-5-4-6-8-16;11-7-6-10-8-9-4-2-1-3-5-9;1-7-4-8(2)6-9(5-7)10-3;1-4-7(5-2)6-3;1-5(2,3)4;/h4-8,11-12,20H,9-10,13H2,1-3H3;1-5,10-11H,6-8H2;4-6H,1-3H3;4-6H2,1-3H3;1H3;1H4. The quantitative estimate of drug-likeness (QED) is 0.0802. The average Bonchev–Trinajstić information content (AvgIpc) is 3.15. The number of aliphatic hydroxyl groups excluding tert-OH is 2. The Morgan fingerprint density at radius 1 is 0.672 bits per heavy atom. The Hall–Kier alpha value is -3.53. The summed E-state index contributed by atoms with van der Waals surface area (Å²) in [6, 6.07) is 29.1. The Bertz CT molecular complexity index is 1820. The van der Waals surface area contributed by atoms with Crippen LogP contribution in [-0.2, 0) is 32.2 Å². The van der Waals surface area contributed by atoms with E-state index >= 15 is 0 Å². The lowest BCUT2D eigenvalue weighted by molar-refractivity contribution is 0.251. The normalized spacial score (nSPS) is 10.6. The number of hydrogen-bond acceptors (Lipinski definition) is 10. The third kappa shape index (κ3) is 25.1. The van der Waals surface area contributed by atoms with E-state index in [1.807, 2.05) is 60.7 Å². The topological polar surface area (TPSA) is 146 Å². The summed E-state index contributed by atoms with van der Waals surface area (Å²) in [5.74, 6) is 1.57. The Labute approximate surface area is 355 Å². The second-order valence-corrected chi connectivity index (χ2v) is 17.8. The minimum absolute atomic E-state index is 0. The molecule has 4 aromatic rings. The van der Waals surface area contributed by atoms with Gasteiger partial charge in [0, 0.05) is 36.9 Å². The van der Waals surface area contributed by atoms with Crippen LogP contribution in [0.1, 0.15) is 61.6 Å². The molecule has 0 amide bonds. The molecule has 0 aliphatic heterocycles. The van der Waals surface area contributed by atoms with Crippen molar-refractivity contribution >= 4 is 29.8 Å². The van der Waals surface area contributed by atoms with Gasteiger partial charge in [-0.15, -0.1) is 0 Å². The number of methoxy groups -OCH3 is 2. The van der Waals surface area contributed by atoms with Crippen LogP contribution in [0, 0.1) is 27.7 Å². The number of sulfonamides is 1. The van der Waals surface area contributed by atoms with Gasteiger partial charge in [0.2, 0.25) is 19.1 Å². The molecular formula is C44H70ClN3O8S2. The van der Waals surface area contributed by atoms with Crippen molar-refractivity contribution in [2.45, 2.75) is 73.9 Å². The number of aryl methyl sites for hydroxylation is 4. The fourth-order valence-electron chi connectivity index (χ4n) is 5.38. The second kappa shape index (κ2) is 31.4. The highest BCUT2D eigenvalue weighted by molar-refractivity contribution is 8.13. The summed E-state index contributed by atoms with van der Waals surface area (Å²) in [5, 5.41) is 20.9. The zero-order chi connectivity index (χ0) is 43.4. The molecule has 0 unspecified atom stereocenters. The largest absolute Gasteiger partial charge is 0.497 e. The number of nitrogens with one attached hydrogen (secondary N) is 1. The molecule has 0 saturated carbocycles. The van der Waals surface area contributed by atoms with Crippen LogP contribution in [0.25, 0.3) is 0 Å². The monoisotopic (exact) mass is 867 g/mol. The van der Waals surface area contributed by atoms with E-state index in [0.717, 1.165) is 24.1 Å². The Morgan fingerprint density at radius 3 is 1.45 bits per heavy atom. The molecule has 0 heterocycles. The molecule has 328 valence electrons. The van der Waals surface area contributed by atoms with Crippen molar-refractivity contribution in [1.82, 2.24) is 14.5 Å². The van der Waals surface area contributed by atoms with Gasteiger partial charge in [0.05, 0.1) is 38.6 Å². The number of ether oxygens (including phenoxy) is 2. The first-order valence-electron chi connectivity index (χ1n) is 18.8. The maximum absolute atomic E-state index is 13.1. The molecule has 0 aliphatic carbocycles.